The predicted molar refractivity (Wildman–Crippen MR) is 106 cm³/mol. The van der Waals surface area contributed by atoms with Crippen molar-refractivity contribution in [2.24, 2.45) is 0 Å². The van der Waals surface area contributed by atoms with Crippen molar-refractivity contribution in [3.63, 3.8) is 0 Å². The van der Waals surface area contributed by atoms with Gasteiger partial charge in [-0.1, -0.05) is 6.42 Å². The lowest BCUT2D eigenvalue weighted by molar-refractivity contribution is -0.384. The number of nitro groups is 1. The number of hydrogen-bond donors (Lipinski definition) is 0. The SMILES string of the molecule is COC[C@@H](C)n1c(=O)c2cc([N+](=O)[O-])ccc2n(CCN2CCCCC2)c1=O. The molecule has 1 atom stereocenters. The topological polar surface area (TPSA) is 99.6 Å². The first kappa shape index (κ1) is 20.2. The van der Waals surface area contributed by atoms with Crippen LogP contribution in [0.25, 0.3) is 10.9 Å². The van der Waals surface area contributed by atoms with Crippen molar-refractivity contribution < 1.29 is 9.66 Å². The van der Waals surface area contributed by atoms with Gasteiger partial charge in [-0.25, -0.2) is 4.79 Å². The molecule has 152 valence electrons. The molecule has 0 bridgehead atoms. The first-order chi connectivity index (χ1) is 13.4. The monoisotopic (exact) mass is 390 g/mol. The van der Waals surface area contributed by atoms with Crippen LogP contribution in [-0.2, 0) is 11.3 Å². The molecule has 0 amide bonds. The van der Waals surface area contributed by atoms with Gasteiger partial charge < -0.3 is 9.64 Å². The fourth-order valence-corrected chi connectivity index (χ4v) is 3.84. The number of aromatic nitrogens is 2. The normalized spacial score (nSPS) is 16.4. The number of fused-ring (bicyclic) bond motifs is 1. The van der Waals surface area contributed by atoms with Crippen molar-refractivity contribution in [1.29, 1.82) is 0 Å². The number of nitrogens with zero attached hydrogens (tertiary/aromatic N) is 4. The molecule has 0 N–H and O–H groups in total. The lowest BCUT2D eigenvalue weighted by Crippen LogP contribution is -2.44. The van der Waals surface area contributed by atoms with Gasteiger partial charge >= 0.3 is 5.69 Å². The molecule has 28 heavy (non-hydrogen) atoms. The van der Waals surface area contributed by atoms with Crippen molar-refractivity contribution in [2.45, 2.75) is 38.8 Å². The minimum Gasteiger partial charge on any atom is -0.383 e. The molecule has 2 heterocycles. The fourth-order valence-electron chi connectivity index (χ4n) is 3.84. The number of benzene rings is 1. The van der Waals surface area contributed by atoms with Crippen molar-refractivity contribution in [3.8, 4) is 0 Å². The third-order valence-electron chi connectivity index (χ3n) is 5.31. The number of piperidine rings is 1. The average molecular weight is 390 g/mol. The Balaban J connectivity index is 2.12. The van der Waals surface area contributed by atoms with Crippen molar-refractivity contribution in [2.75, 3.05) is 33.4 Å². The van der Waals surface area contributed by atoms with Crippen LogP contribution >= 0.6 is 0 Å². The summed E-state index contributed by atoms with van der Waals surface area (Å²) in [5, 5.41) is 11.3. The standard InChI is InChI=1S/C19H26N4O5/c1-14(13-28-2)22-18(24)16-12-15(23(26)27)6-7-17(16)21(19(22)25)11-10-20-8-4-3-5-9-20/h6-7,12,14H,3-5,8-11,13H2,1-2H3/t14-/m1/s1. The van der Waals surface area contributed by atoms with Crippen LogP contribution in [0.15, 0.2) is 27.8 Å². The molecule has 1 aliphatic heterocycles. The van der Waals surface area contributed by atoms with Gasteiger partial charge in [0.15, 0.2) is 0 Å². The molecular formula is C19H26N4O5. The van der Waals surface area contributed by atoms with Gasteiger partial charge in [-0.15, -0.1) is 0 Å². The summed E-state index contributed by atoms with van der Waals surface area (Å²) in [6.45, 7) is 5.04. The largest absolute Gasteiger partial charge is 0.383 e. The molecule has 0 saturated carbocycles. The molecule has 3 rings (SSSR count). The van der Waals surface area contributed by atoms with Crippen LogP contribution in [-0.4, -0.2) is 52.3 Å². The van der Waals surface area contributed by atoms with Crippen LogP contribution in [0.2, 0.25) is 0 Å². The summed E-state index contributed by atoms with van der Waals surface area (Å²) in [7, 11) is 1.50. The highest BCUT2D eigenvalue weighted by atomic mass is 16.6. The van der Waals surface area contributed by atoms with Gasteiger partial charge in [-0.3, -0.25) is 24.0 Å². The van der Waals surface area contributed by atoms with Crippen LogP contribution in [0.5, 0.6) is 0 Å². The van der Waals surface area contributed by atoms with E-state index in [1.807, 2.05) is 0 Å². The Bertz CT molecular complexity index is 975. The van der Waals surface area contributed by atoms with E-state index in [2.05, 4.69) is 4.90 Å². The summed E-state index contributed by atoms with van der Waals surface area (Å²) in [6, 6.07) is 3.61. The number of rotatable bonds is 7. The van der Waals surface area contributed by atoms with Gasteiger partial charge in [0.1, 0.15) is 0 Å². The molecule has 9 nitrogen and oxygen atoms in total. The Morgan fingerprint density at radius 2 is 1.89 bits per heavy atom. The van der Waals surface area contributed by atoms with Gasteiger partial charge in [0.05, 0.1) is 28.5 Å². The highest BCUT2D eigenvalue weighted by Crippen LogP contribution is 2.18. The van der Waals surface area contributed by atoms with E-state index in [0.29, 0.717) is 18.6 Å². The first-order valence-corrected chi connectivity index (χ1v) is 9.59. The van der Waals surface area contributed by atoms with Crippen molar-refractivity contribution in [3.05, 3.63) is 49.2 Å². The minimum atomic E-state index is -0.537. The molecule has 2 aromatic rings. The highest BCUT2D eigenvalue weighted by Gasteiger charge is 2.20. The molecule has 1 saturated heterocycles. The van der Waals surface area contributed by atoms with E-state index in [1.165, 1.54) is 31.7 Å². The number of likely N-dealkylation sites (tertiary alicyclic amines) is 1. The summed E-state index contributed by atoms with van der Waals surface area (Å²) < 4.78 is 7.81. The molecule has 0 unspecified atom stereocenters. The van der Waals surface area contributed by atoms with Crippen LogP contribution in [0, 0.1) is 10.1 Å². The Kier molecular flexibility index (Phi) is 6.25. The van der Waals surface area contributed by atoms with Gasteiger partial charge in [0.25, 0.3) is 11.2 Å². The molecule has 0 radical (unpaired) electrons. The molecule has 1 aromatic heterocycles. The molecule has 1 aliphatic rings. The zero-order chi connectivity index (χ0) is 20.3. The van der Waals surface area contributed by atoms with Gasteiger partial charge in [0, 0.05) is 32.3 Å². The lowest BCUT2D eigenvalue weighted by atomic mass is 10.1. The van der Waals surface area contributed by atoms with E-state index in [-0.39, 0.29) is 17.7 Å². The number of hydrogen-bond acceptors (Lipinski definition) is 6. The summed E-state index contributed by atoms with van der Waals surface area (Å²) in [6.07, 6.45) is 3.51. The van der Waals surface area contributed by atoms with E-state index < -0.39 is 22.2 Å². The number of methoxy groups -OCH3 is 1. The zero-order valence-corrected chi connectivity index (χ0v) is 16.3. The van der Waals surface area contributed by atoms with Crippen LogP contribution in [0.4, 0.5) is 5.69 Å². The maximum Gasteiger partial charge on any atom is 0.331 e. The third-order valence-corrected chi connectivity index (χ3v) is 5.31. The Hall–Kier alpha value is -2.52. The molecule has 1 fully saturated rings. The van der Waals surface area contributed by atoms with E-state index in [4.69, 9.17) is 4.74 Å². The predicted octanol–water partition coefficient (Wildman–Crippen LogP) is 1.76. The highest BCUT2D eigenvalue weighted by molar-refractivity contribution is 5.80. The van der Waals surface area contributed by atoms with Crippen molar-refractivity contribution in [1.82, 2.24) is 14.0 Å². The number of nitro benzene ring substituents is 1. The summed E-state index contributed by atoms with van der Waals surface area (Å²) >= 11 is 0. The van der Waals surface area contributed by atoms with E-state index >= 15 is 0 Å². The third kappa shape index (κ3) is 4.00. The average Bonchev–Trinajstić information content (AvgIpc) is 2.68. The van der Waals surface area contributed by atoms with E-state index in [1.54, 1.807) is 11.5 Å². The second-order valence-electron chi connectivity index (χ2n) is 7.27. The molecule has 0 aliphatic carbocycles. The smallest absolute Gasteiger partial charge is 0.331 e. The fraction of sp³-hybridized carbons (Fsp3) is 0.579. The zero-order valence-electron chi connectivity index (χ0n) is 16.3. The lowest BCUT2D eigenvalue weighted by Gasteiger charge is -2.27. The van der Waals surface area contributed by atoms with Crippen LogP contribution in [0.3, 0.4) is 0 Å². The van der Waals surface area contributed by atoms with Gasteiger partial charge in [-0.05, 0) is 38.9 Å². The second-order valence-corrected chi connectivity index (χ2v) is 7.27. The molecule has 1 aromatic carbocycles. The Labute approximate surface area is 162 Å². The first-order valence-electron chi connectivity index (χ1n) is 9.59. The van der Waals surface area contributed by atoms with Crippen LogP contribution in [0.1, 0.15) is 32.2 Å². The second kappa shape index (κ2) is 8.66. The molecule has 9 heteroatoms. The summed E-state index contributed by atoms with van der Waals surface area (Å²) in [4.78, 5) is 39.0. The minimum absolute atomic E-state index is 0.170. The maximum absolute atomic E-state index is 13.1. The molecule has 0 spiro atoms. The number of ether oxygens (including phenoxy) is 1. The Morgan fingerprint density at radius 1 is 1.18 bits per heavy atom. The van der Waals surface area contributed by atoms with Gasteiger partial charge in [-0.2, -0.15) is 0 Å². The Morgan fingerprint density at radius 3 is 2.54 bits per heavy atom. The van der Waals surface area contributed by atoms with Crippen molar-refractivity contribution >= 4 is 16.6 Å². The van der Waals surface area contributed by atoms with E-state index in [0.717, 1.165) is 30.5 Å². The van der Waals surface area contributed by atoms with Crippen LogP contribution < -0.4 is 11.2 Å². The quantitative estimate of drug-likeness (QED) is 0.528. The maximum atomic E-state index is 13.1. The summed E-state index contributed by atoms with van der Waals surface area (Å²) in [5.74, 6) is 0. The van der Waals surface area contributed by atoms with Gasteiger partial charge in [0.2, 0.25) is 0 Å². The summed E-state index contributed by atoms with van der Waals surface area (Å²) in [5.41, 5.74) is -0.675. The molecular weight excluding hydrogens is 364 g/mol. The number of non-ortho nitro benzene ring substituents is 1. The van der Waals surface area contributed by atoms with E-state index in [9.17, 15) is 19.7 Å².